The fourth-order valence-corrected chi connectivity index (χ4v) is 6.32. The number of aromatic nitrogens is 2. The van der Waals surface area contributed by atoms with E-state index in [9.17, 15) is 9.59 Å². The van der Waals surface area contributed by atoms with Crippen LogP contribution in [-0.4, -0.2) is 40.5 Å². The van der Waals surface area contributed by atoms with Crippen molar-refractivity contribution in [3.63, 3.8) is 0 Å². The Kier molecular flexibility index (Phi) is 7.56. The molecule has 3 aromatic rings. The van der Waals surface area contributed by atoms with Gasteiger partial charge in [-0.3, -0.25) is 14.2 Å². The molecular formula is C25H31N3O3S2. The Balaban J connectivity index is 1.64. The van der Waals surface area contributed by atoms with E-state index in [1.165, 1.54) is 17.3 Å². The Morgan fingerprint density at radius 1 is 1.30 bits per heavy atom. The maximum atomic E-state index is 13.5. The number of hydrogen-bond donors (Lipinski definition) is 0. The number of rotatable bonds is 8. The first-order valence-electron chi connectivity index (χ1n) is 11.6. The first-order chi connectivity index (χ1) is 15.9. The molecule has 2 aromatic heterocycles. The number of nitrogens with zero attached hydrogens (tertiary/aromatic N) is 3. The lowest BCUT2D eigenvalue weighted by atomic mass is 10.0. The predicted molar refractivity (Wildman–Crippen MR) is 137 cm³/mol. The number of amides is 1. The molecule has 1 aromatic carbocycles. The third kappa shape index (κ3) is 4.88. The minimum atomic E-state index is -0.360. The Morgan fingerprint density at radius 3 is 2.88 bits per heavy atom. The van der Waals surface area contributed by atoms with Crippen LogP contribution < -0.4 is 10.5 Å². The largest absolute Gasteiger partial charge is 0.382 e. The standard InChI is InChI=1S/C25H31N3O3S2/c1-5-31-15-9-14-28-24(30)21-16(2)17(3)32-22(21)26-25(28)33-18(4)23(29)27-13-8-11-19-10-6-7-12-20(19)27/h6-7,10,12,18H,5,8-9,11,13-15H2,1-4H3. The quantitative estimate of drug-likeness (QED) is 0.256. The van der Waals surface area contributed by atoms with Crippen LogP contribution in [0.2, 0.25) is 0 Å². The summed E-state index contributed by atoms with van der Waals surface area (Å²) in [6.45, 7) is 10.4. The Hall–Kier alpha value is -2.16. The van der Waals surface area contributed by atoms with Crippen LogP contribution in [0.25, 0.3) is 10.2 Å². The zero-order chi connectivity index (χ0) is 23.5. The first kappa shape index (κ1) is 24.0. The average Bonchev–Trinajstić information content (AvgIpc) is 3.10. The van der Waals surface area contributed by atoms with Gasteiger partial charge in [-0.15, -0.1) is 11.3 Å². The molecule has 0 N–H and O–H groups in total. The smallest absolute Gasteiger partial charge is 0.263 e. The van der Waals surface area contributed by atoms with Crippen molar-refractivity contribution >= 4 is 44.9 Å². The number of hydrogen-bond acceptors (Lipinski definition) is 6. The topological polar surface area (TPSA) is 64.4 Å². The molecule has 0 fully saturated rings. The molecule has 4 rings (SSSR count). The molecule has 1 aliphatic rings. The molecule has 176 valence electrons. The van der Waals surface area contributed by atoms with Crippen LogP contribution in [0.4, 0.5) is 5.69 Å². The zero-order valence-electron chi connectivity index (χ0n) is 19.7. The van der Waals surface area contributed by atoms with Crippen molar-refractivity contribution in [1.29, 1.82) is 0 Å². The average molecular weight is 486 g/mol. The van der Waals surface area contributed by atoms with Gasteiger partial charge in [-0.25, -0.2) is 4.98 Å². The van der Waals surface area contributed by atoms with Crippen molar-refractivity contribution in [2.45, 2.75) is 63.9 Å². The van der Waals surface area contributed by atoms with Gasteiger partial charge in [0, 0.05) is 36.9 Å². The first-order valence-corrected chi connectivity index (χ1v) is 13.3. The molecule has 1 aliphatic heterocycles. The lowest BCUT2D eigenvalue weighted by Gasteiger charge is -2.31. The third-order valence-electron chi connectivity index (χ3n) is 6.13. The summed E-state index contributed by atoms with van der Waals surface area (Å²) in [6.07, 6.45) is 2.68. The molecule has 1 unspecified atom stereocenters. The summed E-state index contributed by atoms with van der Waals surface area (Å²) in [5.41, 5.74) is 3.19. The van der Waals surface area contributed by atoms with Gasteiger partial charge in [-0.05, 0) is 64.2 Å². The monoisotopic (exact) mass is 485 g/mol. The number of carbonyl (C=O) groups excluding carboxylic acids is 1. The van der Waals surface area contributed by atoms with Gasteiger partial charge in [0.05, 0.1) is 10.6 Å². The lowest BCUT2D eigenvalue weighted by molar-refractivity contribution is -0.117. The van der Waals surface area contributed by atoms with E-state index in [1.54, 1.807) is 15.9 Å². The van der Waals surface area contributed by atoms with E-state index in [-0.39, 0.29) is 16.7 Å². The number of benzene rings is 1. The van der Waals surface area contributed by atoms with E-state index in [4.69, 9.17) is 9.72 Å². The van der Waals surface area contributed by atoms with Crippen LogP contribution in [0.3, 0.4) is 0 Å². The number of anilines is 1. The highest BCUT2D eigenvalue weighted by molar-refractivity contribution is 8.00. The van der Waals surface area contributed by atoms with Crippen LogP contribution in [-0.2, 0) is 22.5 Å². The Labute approximate surface area is 203 Å². The van der Waals surface area contributed by atoms with Gasteiger partial charge in [0.25, 0.3) is 5.56 Å². The highest BCUT2D eigenvalue weighted by Crippen LogP contribution is 2.32. The predicted octanol–water partition coefficient (Wildman–Crippen LogP) is 4.96. The van der Waals surface area contributed by atoms with Gasteiger partial charge in [-0.1, -0.05) is 30.0 Å². The molecular weight excluding hydrogens is 454 g/mol. The second-order valence-electron chi connectivity index (χ2n) is 8.35. The second-order valence-corrected chi connectivity index (χ2v) is 10.9. The normalized spacial score (nSPS) is 14.5. The summed E-state index contributed by atoms with van der Waals surface area (Å²) in [7, 11) is 0. The number of thiophene rings is 1. The molecule has 3 heterocycles. The van der Waals surface area contributed by atoms with E-state index in [1.807, 2.05) is 50.8 Å². The lowest BCUT2D eigenvalue weighted by Crippen LogP contribution is -2.40. The second kappa shape index (κ2) is 10.4. The molecule has 0 bridgehead atoms. The zero-order valence-corrected chi connectivity index (χ0v) is 21.4. The molecule has 0 spiro atoms. The number of fused-ring (bicyclic) bond motifs is 2. The third-order valence-corrected chi connectivity index (χ3v) is 8.31. The fraction of sp³-hybridized carbons (Fsp3) is 0.480. The summed E-state index contributed by atoms with van der Waals surface area (Å²) in [4.78, 5) is 35.5. The van der Waals surface area contributed by atoms with Gasteiger partial charge >= 0.3 is 0 Å². The fourth-order valence-electron chi connectivity index (χ4n) is 4.26. The van der Waals surface area contributed by atoms with Crippen LogP contribution >= 0.6 is 23.1 Å². The minimum absolute atomic E-state index is 0.0242. The summed E-state index contributed by atoms with van der Waals surface area (Å²) in [6, 6.07) is 8.12. The molecule has 1 amide bonds. The van der Waals surface area contributed by atoms with Crippen molar-refractivity contribution in [3.05, 3.63) is 50.6 Å². The maximum Gasteiger partial charge on any atom is 0.263 e. The van der Waals surface area contributed by atoms with Crippen molar-refractivity contribution in [2.75, 3.05) is 24.7 Å². The van der Waals surface area contributed by atoms with Crippen LogP contribution in [0, 0.1) is 13.8 Å². The summed E-state index contributed by atoms with van der Waals surface area (Å²) in [5.74, 6) is 0.0564. The summed E-state index contributed by atoms with van der Waals surface area (Å²) < 4.78 is 7.22. The van der Waals surface area contributed by atoms with Crippen LogP contribution in [0.15, 0.2) is 34.2 Å². The van der Waals surface area contributed by atoms with Crippen LogP contribution in [0.1, 0.15) is 42.7 Å². The van der Waals surface area contributed by atoms with Gasteiger partial charge in [-0.2, -0.15) is 0 Å². The van der Waals surface area contributed by atoms with E-state index in [2.05, 4.69) is 6.07 Å². The summed E-state index contributed by atoms with van der Waals surface area (Å²) >= 11 is 2.93. The maximum absolute atomic E-state index is 13.5. The SMILES string of the molecule is CCOCCCn1c(SC(C)C(=O)N2CCCc3ccccc32)nc2sc(C)c(C)c2c1=O. The highest BCUT2D eigenvalue weighted by Gasteiger charge is 2.28. The Bertz CT molecular complexity index is 1220. The molecule has 0 saturated carbocycles. The van der Waals surface area contributed by atoms with Crippen molar-refractivity contribution < 1.29 is 9.53 Å². The summed E-state index contributed by atoms with van der Waals surface area (Å²) in [5, 5.41) is 0.944. The van der Waals surface area contributed by atoms with Crippen molar-refractivity contribution in [2.24, 2.45) is 0 Å². The Morgan fingerprint density at radius 2 is 2.09 bits per heavy atom. The van der Waals surface area contributed by atoms with Crippen LogP contribution in [0.5, 0.6) is 0 Å². The van der Waals surface area contributed by atoms with Crippen molar-refractivity contribution in [1.82, 2.24) is 9.55 Å². The molecule has 0 saturated heterocycles. The number of carbonyl (C=O) groups is 1. The van der Waals surface area contributed by atoms with E-state index in [0.717, 1.165) is 46.8 Å². The minimum Gasteiger partial charge on any atom is -0.382 e. The molecule has 8 heteroatoms. The number of ether oxygens (including phenoxy) is 1. The molecule has 0 radical (unpaired) electrons. The van der Waals surface area contributed by atoms with E-state index >= 15 is 0 Å². The van der Waals surface area contributed by atoms with E-state index in [0.29, 0.717) is 30.3 Å². The highest BCUT2D eigenvalue weighted by atomic mass is 32.2. The van der Waals surface area contributed by atoms with Gasteiger partial charge < -0.3 is 9.64 Å². The van der Waals surface area contributed by atoms with Crippen molar-refractivity contribution in [3.8, 4) is 0 Å². The molecule has 6 nitrogen and oxygen atoms in total. The van der Waals surface area contributed by atoms with Gasteiger partial charge in [0.15, 0.2) is 5.16 Å². The number of thioether (sulfide) groups is 1. The molecule has 0 aliphatic carbocycles. The molecule has 1 atom stereocenters. The number of aryl methyl sites for hydroxylation is 3. The number of para-hydroxylation sites is 1. The van der Waals surface area contributed by atoms with Gasteiger partial charge in [0.1, 0.15) is 4.83 Å². The molecule has 33 heavy (non-hydrogen) atoms. The van der Waals surface area contributed by atoms with Gasteiger partial charge in [0.2, 0.25) is 5.91 Å². The van der Waals surface area contributed by atoms with E-state index < -0.39 is 0 Å².